The van der Waals surface area contributed by atoms with Crippen LogP contribution in [0.25, 0.3) is 22.4 Å². The molecule has 3 aromatic rings. The summed E-state index contributed by atoms with van der Waals surface area (Å²) in [4.78, 5) is 13.4. The average molecular weight is 352 g/mol. The van der Waals surface area contributed by atoms with Gasteiger partial charge in [-0.05, 0) is 37.3 Å². The maximum Gasteiger partial charge on any atom is 0.194 e. The molecule has 2 aromatic heterocycles. The second kappa shape index (κ2) is 7.64. The molecule has 0 saturated heterocycles. The van der Waals surface area contributed by atoms with Crippen molar-refractivity contribution in [3.8, 4) is 22.8 Å². The van der Waals surface area contributed by atoms with E-state index in [0.29, 0.717) is 35.0 Å². The molecule has 0 bridgehead atoms. The molecule has 0 unspecified atom stereocenters. The van der Waals surface area contributed by atoms with E-state index >= 15 is 0 Å². The molecule has 8 nitrogen and oxygen atoms in total. The summed E-state index contributed by atoms with van der Waals surface area (Å²) in [6.45, 7) is 2.56. The van der Waals surface area contributed by atoms with Gasteiger partial charge < -0.3 is 20.1 Å². The van der Waals surface area contributed by atoms with Gasteiger partial charge in [0.2, 0.25) is 0 Å². The number of nitrogens with one attached hydrogen (secondary N) is 3. The predicted molar refractivity (Wildman–Crippen MR) is 101 cm³/mol. The molecule has 0 aliphatic heterocycles. The fourth-order valence-corrected chi connectivity index (χ4v) is 2.46. The Hall–Kier alpha value is -3.42. The average Bonchev–Trinajstić information content (AvgIpc) is 2.67. The van der Waals surface area contributed by atoms with Crippen LogP contribution in [0.5, 0.6) is 11.5 Å². The van der Waals surface area contributed by atoms with Gasteiger partial charge in [-0.15, -0.1) is 0 Å². The fourth-order valence-electron chi connectivity index (χ4n) is 2.46. The van der Waals surface area contributed by atoms with Crippen LogP contribution in [-0.2, 0) is 0 Å². The zero-order valence-corrected chi connectivity index (χ0v) is 14.8. The summed E-state index contributed by atoms with van der Waals surface area (Å²) in [5.74, 6) is 1.91. The summed E-state index contributed by atoms with van der Waals surface area (Å²) >= 11 is 0. The molecule has 0 aliphatic carbocycles. The van der Waals surface area contributed by atoms with Crippen molar-refractivity contribution in [3.05, 3.63) is 36.5 Å². The lowest BCUT2D eigenvalue weighted by atomic mass is 10.1. The van der Waals surface area contributed by atoms with Gasteiger partial charge in [-0.3, -0.25) is 5.41 Å². The second-order valence-corrected chi connectivity index (χ2v) is 5.39. The number of methoxy groups -OCH3 is 2. The van der Waals surface area contributed by atoms with Crippen LogP contribution < -0.4 is 20.1 Å². The van der Waals surface area contributed by atoms with Gasteiger partial charge in [0.1, 0.15) is 5.52 Å². The first-order chi connectivity index (χ1) is 12.6. The van der Waals surface area contributed by atoms with Crippen LogP contribution in [0.4, 0.5) is 5.82 Å². The smallest absolute Gasteiger partial charge is 0.194 e. The number of nitrogens with zero attached hydrogens (tertiary/aromatic N) is 3. The summed E-state index contributed by atoms with van der Waals surface area (Å²) in [5, 5.41) is 13.5. The minimum Gasteiger partial charge on any atom is -0.493 e. The molecule has 0 fully saturated rings. The van der Waals surface area contributed by atoms with Crippen LogP contribution in [0.3, 0.4) is 0 Å². The second-order valence-electron chi connectivity index (χ2n) is 5.39. The van der Waals surface area contributed by atoms with E-state index in [-0.39, 0.29) is 5.96 Å². The number of anilines is 1. The lowest BCUT2D eigenvalue weighted by molar-refractivity contribution is 0.355. The molecular formula is C18H20N6O2. The monoisotopic (exact) mass is 352 g/mol. The topological polar surface area (TPSA) is 105 Å². The summed E-state index contributed by atoms with van der Waals surface area (Å²) < 4.78 is 10.6. The third-order valence-corrected chi connectivity index (χ3v) is 3.69. The summed E-state index contributed by atoms with van der Waals surface area (Å²) in [6, 6.07) is 9.35. The highest BCUT2D eigenvalue weighted by Gasteiger charge is 2.09. The molecule has 0 atom stereocenters. The summed E-state index contributed by atoms with van der Waals surface area (Å²) in [5.41, 5.74) is 2.79. The normalized spacial score (nSPS) is 10.4. The van der Waals surface area contributed by atoms with Gasteiger partial charge >= 0.3 is 0 Å². The number of aromatic nitrogens is 3. The molecule has 134 valence electrons. The van der Waals surface area contributed by atoms with Crippen molar-refractivity contribution in [2.45, 2.75) is 6.92 Å². The SMILES string of the molecule is CCNC(=N)Nc1cnc2ccc(-c3ccc(OC)c(OC)c3)nc2n1. The van der Waals surface area contributed by atoms with Crippen molar-refractivity contribution in [2.75, 3.05) is 26.1 Å². The van der Waals surface area contributed by atoms with Crippen molar-refractivity contribution >= 4 is 22.9 Å². The highest BCUT2D eigenvalue weighted by atomic mass is 16.5. The molecule has 3 N–H and O–H groups in total. The molecular weight excluding hydrogens is 332 g/mol. The number of hydrogen-bond donors (Lipinski definition) is 3. The summed E-state index contributed by atoms with van der Waals surface area (Å²) in [6.07, 6.45) is 1.58. The number of hydrogen-bond acceptors (Lipinski definition) is 6. The van der Waals surface area contributed by atoms with Crippen molar-refractivity contribution in [3.63, 3.8) is 0 Å². The van der Waals surface area contributed by atoms with Crippen LogP contribution in [0, 0.1) is 5.41 Å². The first-order valence-electron chi connectivity index (χ1n) is 8.10. The minimum absolute atomic E-state index is 0.164. The molecule has 8 heteroatoms. The Balaban J connectivity index is 1.96. The van der Waals surface area contributed by atoms with E-state index in [9.17, 15) is 0 Å². The van der Waals surface area contributed by atoms with Crippen molar-refractivity contribution < 1.29 is 9.47 Å². The molecule has 0 spiro atoms. The van der Waals surface area contributed by atoms with E-state index in [1.807, 2.05) is 37.3 Å². The van der Waals surface area contributed by atoms with Gasteiger partial charge in [0.05, 0.1) is 26.1 Å². The maximum atomic E-state index is 7.76. The highest BCUT2D eigenvalue weighted by Crippen LogP contribution is 2.31. The van der Waals surface area contributed by atoms with Crippen LogP contribution in [0.2, 0.25) is 0 Å². The van der Waals surface area contributed by atoms with E-state index in [1.165, 1.54) is 0 Å². The van der Waals surface area contributed by atoms with E-state index in [4.69, 9.17) is 14.9 Å². The number of benzene rings is 1. The molecule has 0 saturated carbocycles. The minimum atomic E-state index is 0.164. The molecule has 3 rings (SSSR count). The van der Waals surface area contributed by atoms with E-state index in [0.717, 1.165) is 11.3 Å². The van der Waals surface area contributed by atoms with E-state index < -0.39 is 0 Å². The first-order valence-corrected chi connectivity index (χ1v) is 8.10. The molecule has 2 heterocycles. The van der Waals surface area contributed by atoms with Crippen molar-refractivity contribution in [2.24, 2.45) is 0 Å². The first kappa shape index (κ1) is 17.4. The molecule has 0 aliphatic rings. The Labute approximate surface area is 151 Å². The largest absolute Gasteiger partial charge is 0.493 e. The number of fused-ring (bicyclic) bond motifs is 1. The van der Waals surface area contributed by atoms with Crippen molar-refractivity contribution in [1.82, 2.24) is 20.3 Å². The van der Waals surface area contributed by atoms with Crippen LogP contribution in [0.15, 0.2) is 36.5 Å². The quantitative estimate of drug-likeness (QED) is 0.479. The highest BCUT2D eigenvalue weighted by molar-refractivity contribution is 5.90. The third kappa shape index (κ3) is 3.64. The summed E-state index contributed by atoms with van der Waals surface area (Å²) in [7, 11) is 3.19. The third-order valence-electron chi connectivity index (χ3n) is 3.69. The molecule has 26 heavy (non-hydrogen) atoms. The zero-order chi connectivity index (χ0) is 18.5. The number of pyridine rings is 1. The molecule has 1 aromatic carbocycles. The van der Waals surface area contributed by atoms with E-state index in [2.05, 4.69) is 25.6 Å². The van der Waals surface area contributed by atoms with Gasteiger partial charge in [0.25, 0.3) is 0 Å². The lowest BCUT2D eigenvalue weighted by Crippen LogP contribution is -2.29. The van der Waals surface area contributed by atoms with Crippen molar-refractivity contribution in [1.29, 1.82) is 5.41 Å². The Kier molecular flexibility index (Phi) is 5.12. The van der Waals surface area contributed by atoms with E-state index in [1.54, 1.807) is 20.4 Å². The molecule has 0 amide bonds. The van der Waals surface area contributed by atoms with Crippen LogP contribution >= 0.6 is 0 Å². The Morgan fingerprint density at radius 1 is 1.08 bits per heavy atom. The van der Waals surface area contributed by atoms with Gasteiger partial charge in [-0.1, -0.05) is 0 Å². The van der Waals surface area contributed by atoms with Gasteiger partial charge in [-0.25, -0.2) is 15.0 Å². The number of guanidine groups is 1. The Morgan fingerprint density at radius 2 is 1.88 bits per heavy atom. The van der Waals surface area contributed by atoms with Gasteiger partial charge in [0, 0.05) is 12.1 Å². The van der Waals surface area contributed by atoms with Crippen LogP contribution in [-0.4, -0.2) is 41.7 Å². The number of rotatable bonds is 5. The predicted octanol–water partition coefficient (Wildman–Crippen LogP) is 2.67. The number of ether oxygens (including phenoxy) is 2. The Morgan fingerprint density at radius 3 is 2.62 bits per heavy atom. The van der Waals surface area contributed by atoms with Crippen LogP contribution in [0.1, 0.15) is 6.92 Å². The fraction of sp³-hybridized carbons (Fsp3) is 0.222. The zero-order valence-electron chi connectivity index (χ0n) is 14.8. The lowest BCUT2D eigenvalue weighted by Gasteiger charge is -2.10. The standard InChI is InChI=1S/C18H20N6O2/c1-4-20-18(19)24-16-10-21-13-7-6-12(22-17(13)23-16)11-5-8-14(25-2)15(9-11)26-3/h5-10H,4H2,1-3H3,(H3,19,20,22,23,24). The molecule has 0 radical (unpaired) electrons. The van der Waals surface area contributed by atoms with Gasteiger partial charge in [0.15, 0.2) is 28.9 Å². The maximum absolute atomic E-state index is 7.76. The van der Waals surface area contributed by atoms with Gasteiger partial charge in [-0.2, -0.15) is 0 Å². The Bertz CT molecular complexity index is 944.